The van der Waals surface area contributed by atoms with E-state index in [1.807, 2.05) is 13.8 Å². The standard InChI is InChI=1S/C16H22F3N3O2/c1-15(2)8-12(23)4-6-22(10-15)14(24)21-9-11-3-5-20-13(7-11)16(17,18)19/h3,5,7,12,23H,4,6,8-10H2,1-2H3,(H,21,24). The molecule has 24 heavy (non-hydrogen) atoms. The van der Waals surface area contributed by atoms with Gasteiger partial charge in [0, 0.05) is 25.8 Å². The summed E-state index contributed by atoms with van der Waals surface area (Å²) >= 11 is 0. The number of aromatic nitrogens is 1. The molecule has 2 amide bonds. The average Bonchev–Trinajstić information content (AvgIpc) is 2.61. The lowest BCUT2D eigenvalue weighted by molar-refractivity contribution is -0.141. The second-order valence-corrected chi connectivity index (χ2v) is 6.94. The van der Waals surface area contributed by atoms with Crippen LogP contribution in [0.5, 0.6) is 0 Å². The zero-order valence-electron chi connectivity index (χ0n) is 13.7. The lowest BCUT2D eigenvalue weighted by Gasteiger charge is -2.29. The minimum Gasteiger partial charge on any atom is -0.393 e. The fourth-order valence-electron chi connectivity index (χ4n) is 2.91. The third-order valence-corrected chi connectivity index (χ3v) is 3.99. The molecule has 1 atom stereocenters. The smallest absolute Gasteiger partial charge is 0.393 e. The van der Waals surface area contributed by atoms with Gasteiger partial charge in [0.25, 0.3) is 0 Å². The van der Waals surface area contributed by atoms with E-state index in [2.05, 4.69) is 10.3 Å². The van der Waals surface area contributed by atoms with Crippen LogP contribution in [0.25, 0.3) is 0 Å². The summed E-state index contributed by atoms with van der Waals surface area (Å²) in [5, 5.41) is 12.5. The highest BCUT2D eigenvalue weighted by atomic mass is 19.4. The Labute approximate surface area is 138 Å². The summed E-state index contributed by atoms with van der Waals surface area (Å²) in [5.74, 6) is 0. The number of halogens is 3. The highest BCUT2D eigenvalue weighted by Crippen LogP contribution is 2.29. The number of likely N-dealkylation sites (tertiary alicyclic amines) is 1. The molecule has 1 saturated heterocycles. The summed E-state index contributed by atoms with van der Waals surface area (Å²) in [6, 6.07) is 2.02. The normalized spacial score (nSPS) is 21.2. The number of carbonyl (C=O) groups excluding carboxylic acids is 1. The fraction of sp³-hybridized carbons (Fsp3) is 0.625. The molecule has 0 spiro atoms. The summed E-state index contributed by atoms with van der Waals surface area (Å²) in [7, 11) is 0. The van der Waals surface area contributed by atoms with Crippen LogP contribution in [-0.4, -0.2) is 40.2 Å². The third-order valence-electron chi connectivity index (χ3n) is 3.99. The largest absolute Gasteiger partial charge is 0.433 e. The molecule has 8 heteroatoms. The van der Waals surface area contributed by atoms with Crippen LogP contribution in [0.3, 0.4) is 0 Å². The van der Waals surface area contributed by atoms with E-state index in [4.69, 9.17) is 0 Å². The van der Waals surface area contributed by atoms with Gasteiger partial charge in [0.2, 0.25) is 0 Å². The van der Waals surface area contributed by atoms with Crippen LogP contribution in [0, 0.1) is 5.41 Å². The molecule has 5 nitrogen and oxygen atoms in total. The van der Waals surface area contributed by atoms with Crippen molar-refractivity contribution in [3.05, 3.63) is 29.6 Å². The highest BCUT2D eigenvalue weighted by molar-refractivity contribution is 5.74. The quantitative estimate of drug-likeness (QED) is 0.866. The first-order valence-corrected chi connectivity index (χ1v) is 7.80. The Morgan fingerprint density at radius 2 is 2.21 bits per heavy atom. The van der Waals surface area contributed by atoms with Crippen LogP contribution in [0.15, 0.2) is 18.3 Å². The number of pyridine rings is 1. The van der Waals surface area contributed by atoms with Crippen molar-refractivity contribution >= 4 is 6.03 Å². The van der Waals surface area contributed by atoms with Crippen LogP contribution in [0.2, 0.25) is 0 Å². The molecule has 2 N–H and O–H groups in total. The van der Waals surface area contributed by atoms with Crippen LogP contribution in [0.4, 0.5) is 18.0 Å². The van der Waals surface area contributed by atoms with Crippen LogP contribution < -0.4 is 5.32 Å². The van der Waals surface area contributed by atoms with Crippen molar-refractivity contribution in [3.63, 3.8) is 0 Å². The van der Waals surface area contributed by atoms with E-state index < -0.39 is 18.0 Å². The molecular formula is C16H22F3N3O2. The molecule has 0 radical (unpaired) electrons. The number of hydrogen-bond donors (Lipinski definition) is 2. The van der Waals surface area contributed by atoms with E-state index in [0.717, 1.165) is 12.3 Å². The SMILES string of the molecule is CC1(C)CC(O)CCN(C(=O)NCc2ccnc(C(F)(F)F)c2)C1. The summed E-state index contributed by atoms with van der Waals surface area (Å²) in [6.45, 7) is 4.84. The molecule has 0 saturated carbocycles. The van der Waals surface area contributed by atoms with Gasteiger partial charge in [-0.15, -0.1) is 0 Å². The number of aliphatic hydroxyl groups is 1. The van der Waals surface area contributed by atoms with Crippen LogP contribution in [-0.2, 0) is 12.7 Å². The van der Waals surface area contributed by atoms with Crippen molar-refractivity contribution in [1.82, 2.24) is 15.2 Å². The van der Waals surface area contributed by atoms with Crippen LogP contribution >= 0.6 is 0 Å². The molecule has 1 aliphatic heterocycles. The van der Waals surface area contributed by atoms with E-state index in [0.29, 0.717) is 31.5 Å². The molecule has 2 rings (SSSR count). The van der Waals surface area contributed by atoms with Crippen molar-refractivity contribution in [2.45, 2.75) is 45.5 Å². The molecule has 1 unspecified atom stereocenters. The van der Waals surface area contributed by atoms with Gasteiger partial charge in [-0.3, -0.25) is 4.98 Å². The van der Waals surface area contributed by atoms with Crippen molar-refractivity contribution in [3.8, 4) is 0 Å². The molecule has 1 fully saturated rings. The number of urea groups is 1. The van der Waals surface area contributed by atoms with Crippen molar-refractivity contribution in [1.29, 1.82) is 0 Å². The summed E-state index contributed by atoms with van der Waals surface area (Å²) in [6.07, 6.45) is -2.78. The fourth-order valence-corrected chi connectivity index (χ4v) is 2.91. The monoisotopic (exact) mass is 345 g/mol. The van der Waals surface area contributed by atoms with E-state index in [-0.39, 0.29) is 18.0 Å². The maximum absolute atomic E-state index is 12.6. The third kappa shape index (κ3) is 5.09. The van der Waals surface area contributed by atoms with Gasteiger partial charge in [-0.05, 0) is 36.0 Å². The topological polar surface area (TPSA) is 65.5 Å². The molecule has 1 aliphatic rings. The first-order chi connectivity index (χ1) is 11.1. The Morgan fingerprint density at radius 3 is 2.88 bits per heavy atom. The zero-order chi connectivity index (χ0) is 18.0. The van der Waals surface area contributed by atoms with Gasteiger partial charge in [-0.25, -0.2) is 4.79 Å². The second kappa shape index (κ2) is 6.96. The lowest BCUT2D eigenvalue weighted by atomic mass is 9.87. The molecule has 1 aromatic heterocycles. The van der Waals surface area contributed by atoms with Gasteiger partial charge in [-0.2, -0.15) is 13.2 Å². The minimum absolute atomic E-state index is 0.0100. The summed E-state index contributed by atoms with van der Waals surface area (Å²) in [5.41, 5.74) is -0.860. The summed E-state index contributed by atoms with van der Waals surface area (Å²) < 4.78 is 37.9. The molecule has 2 heterocycles. The number of nitrogens with one attached hydrogen (secondary N) is 1. The van der Waals surface area contributed by atoms with Crippen molar-refractivity contribution < 1.29 is 23.1 Å². The molecule has 1 aromatic rings. The van der Waals surface area contributed by atoms with Gasteiger partial charge < -0.3 is 15.3 Å². The van der Waals surface area contributed by atoms with E-state index in [1.54, 1.807) is 4.90 Å². The zero-order valence-corrected chi connectivity index (χ0v) is 13.7. The first kappa shape index (κ1) is 18.5. The van der Waals surface area contributed by atoms with Gasteiger partial charge in [0.05, 0.1) is 6.10 Å². The summed E-state index contributed by atoms with van der Waals surface area (Å²) in [4.78, 5) is 17.2. The predicted molar refractivity (Wildman–Crippen MR) is 82.1 cm³/mol. The Kier molecular flexibility index (Phi) is 5.37. The predicted octanol–water partition coefficient (Wildman–Crippen LogP) is 2.79. The molecule has 134 valence electrons. The second-order valence-electron chi connectivity index (χ2n) is 6.94. The lowest BCUT2D eigenvalue weighted by Crippen LogP contribution is -2.43. The number of aliphatic hydroxyl groups excluding tert-OH is 1. The molecule has 0 aliphatic carbocycles. The number of carbonyl (C=O) groups is 1. The maximum Gasteiger partial charge on any atom is 0.433 e. The Hall–Kier alpha value is -1.83. The van der Waals surface area contributed by atoms with E-state index in [1.165, 1.54) is 6.07 Å². The molecule has 0 aromatic carbocycles. The number of alkyl halides is 3. The van der Waals surface area contributed by atoms with Gasteiger partial charge in [0.15, 0.2) is 0 Å². The van der Waals surface area contributed by atoms with E-state index in [9.17, 15) is 23.1 Å². The van der Waals surface area contributed by atoms with Gasteiger partial charge >= 0.3 is 12.2 Å². The van der Waals surface area contributed by atoms with Gasteiger partial charge in [-0.1, -0.05) is 13.8 Å². The van der Waals surface area contributed by atoms with Crippen molar-refractivity contribution in [2.24, 2.45) is 5.41 Å². The number of nitrogens with zero attached hydrogens (tertiary/aromatic N) is 2. The highest BCUT2D eigenvalue weighted by Gasteiger charge is 2.33. The van der Waals surface area contributed by atoms with Crippen LogP contribution in [0.1, 0.15) is 37.9 Å². The Morgan fingerprint density at radius 1 is 1.50 bits per heavy atom. The molecule has 0 bridgehead atoms. The molecular weight excluding hydrogens is 323 g/mol. The maximum atomic E-state index is 12.6. The van der Waals surface area contributed by atoms with E-state index >= 15 is 0 Å². The number of rotatable bonds is 2. The Bertz CT molecular complexity index is 590. The van der Waals surface area contributed by atoms with Gasteiger partial charge in [0.1, 0.15) is 5.69 Å². The minimum atomic E-state index is -4.51. The number of amides is 2. The number of hydrogen-bond acceptors (Lipinski definition) is 3. The average molecular weight is 345 g/mol. The van der Waals surface area contributed by atoms with Crippen molar-refractivity contribution in [2.75, 3.05) is 13.1 Å². The first-order valence-electron chi connectivity index (χ1n) is 7.80. The Balaban J connectivity index is 1.98.